The first-order chi connectivity index (χ1) is 13.5. The second-order valence-electron chi connectivity index (χ2n) is 7.41. The van der Waals surface area contributed by atoms with Gasteiger partial charge in [0.25, 0.3) is 0 Å². The Hall–Kier alpha value is -2.59. The minimum Gasteiger partial charge on any atom is -0.489 e. The molecule has 0 fully saturated rings. The van der Waals surface area contributed by atoms with E-state index in [4.69, 9.17) is 14.6 Å². The van der Waals surface area contributed by atoms with Crippen molar-refractivity contribution in [1.82, 2.24) is 0 Å². The maximum Gasteiger partial charge on any atom is 0.303 e. The Labute approximate surface area is 166 Å². The normalized spacial score (nSPS) is 14.2. The van der Waals surface area contributed by atoms with Gasteiger partial charge < -0.3 is 14.6 Å². The first kappa shape index (κ1) is 20.2. The highest BCUT2D eigenvalue weighted by molar-refractivity contribution is 5.70. The standard InChI is InChI=1S/C24H28O4/c1-16-4-6-20(7-5-16)22-12-13-27-14-21(22)15-28-23-10-8-19(9-11-24(25)26)17(2)18(23)3/h4-8,10H,9,11-15H2,1-3H3,(H,25,26). The maximum atomic E-state index is 10.8. The molecule has 2 aromatic carbocycles. The van der Waals surface area contributed by atoms with Crippen LogP contribution in [0.1, 0.15) is 40.7 Å². The molecule has 2 aromatic rings. The molecule has 4 nitrogen and oxygen atoms in total. The number of benzene rings is 2. The van der Waals surface area contributed by atoms with Gasteiger partial charge in [0, 0.05) is 6.42 Å². The third kappa shape index (κ3) is 4.82. The molecule has 0 aromatic heterocycles. The van der Waals surface area contributed by atoms with Crippen LogP contribution >= 0.6 is 0 Å². The van der Waals surface area contributed by atoms with E-state index in [1.165, 1.54) is 22.3 Å². The van der Waals surface area contributed by atoms with E-state index in [0.717, 1.165) is 35.5 Å². The summed E-state index contributed by atoms with van der Waals surface area (Å²) in [6.45, 7) is 7.98. The topological polar surface area (TPSA) is 55.8 Å². The van der Waals surface area contributed by atoms with E-state index in [1.54, 1.807) is 0 Å². The lowest BCUT2D eigenvalue weighted by atomic mass is 9.95. The minimum atomic E-state index is -0.773. The highest BCUT2D eigenvalue weighted by atomic mass is 16.5. The molecule has 0 spiro atoms. The van der Waals surface area contributed by atoms with Crippen molar-refractivity contribution in [3.05, 3.63) is 69.8 Å². The molecule has 1 N–H and O–H groups in total. The van der Waals surface area contributed by atoms with Gasteiger partial charge in [-0.1, -0.05) is 35.9 Å². The monoisotopic (exact) mass is 380 g/mol. The van der Waals surface area contributed by atoms with Crippen LogP contribution in [-0.4, -0.2) is 30.9 Å². The second-order valence-corrected chi connectivity index (χ2v) is 7.41. The van der Waals surface area contributed by atoms with Crippen molar-refractivity contribution in [3.63, 3.8) is 0 Å². The summed E-state index contributed by atoms with van der Waals surface area (Å²) in [5, 5.41) is 8.91. The minimum absolute atomic E-state index is 0.143. The van der Waals surface area contributed by atoms with Crippen molar-refractivity contribution in [2.45, 2.75) is 40.0 Å². The highest BCUT2D eigenvalue weighted by Crippen LogP contribution is 2.29. The zero-order valence-electron chi connectivity index (χ0n) is 16.9. The molecule has 148 valence electrons. The van der Waals surface area contributed by atoms with Crippen molar-refractivity contribution in [2.24, 2.45) is 0 Å². The average Bonchev–Trinajstić information content (AvgIpc) is 2.69. The molecule has 0 bridgehead atoms. The van der Waals surface area contributed by atoms with Crippen LogP contribution in [-0.2, 0) is 16.0 Å². The summed E-state index contributed by atoms with van der Waals surface area (Å²) in [5.74, 6) is 0.0724. The number of aryl methyl sites for hydroxylation is 2. The predicted octanol–water partition coefficient (Wildman–Crippen LogP) is 4.88. The van der Waals surface area contributed by atoms with Gasteiger partial charge in [0.1, 0.15) is 12.4 Å². The fraction of sp³-hybridized carbons (Fsp3) is 0.375. The molecule has 1 aliphatic heterocycles. The van der Waals surface area contributed by atoms with Crippen LogP contribution in [0.3, 0.4) is 0 Å². The molecular formula is C24H28O4. The molecule has 4 heteroatoms. The van der Waals surface area contributed by atoms with Gasteiger partial charge in [-0.2, -0.15) is 0 Å². The van der Waals surface area contributed by atoms with Crippen molar-refractivity contribution < 1.29 is 19.4 Å². The zero-order chi connectivity index (χ0) is 20.1. The van der Waals surface area contributed by atoms with Crippen LogP contribution in [0.25, 0.3) is 5.57 Å². The molecular weight excluding hydrogens is 352 g/mol. The van der Waals surface area contributed by atoms with Crippen molar-refractivity contribution >= 4 is 11.5 Å². The Morgan fingerprint density at radius 3 is 2.54 bits per heavy atom. The van der Waals surface area contributed by atoms with Gasteiger partial charge in [0.2, 0.25) is 0 Å². The van der Waals surface area contributed by atoms with E-state index in [-0.39, 0.29) is 6.42 Å². The van der Waals surface area contributed by atoms with Crippen LogP contribution in [0.2, 0.25) is 0 Å². The smallest absolute Gasteiger partial charge is 0.303 e. The molecule has 0 atom stereocenters. The van der Waals surface area contributed by atoms with E-state index >= 15 is 0 Å². The molecule has 3 rings (SSSR count). The highest BCUT2D eigenvalue weighted by Gasteiger charge is 2.16. The number of carboxylic acid groups (broad SMARTS) is 1. The largest absolute Gasteiger partial charge is 0.489 e. The molecule has 0 amide bonds. The van der Waals surface area contributed by atoms with Crippen LogP contribution in [0.4, 0.5) is 0 Å². The SMILES string of the molecule is Cc1ccc(C2=C(COc3ccc(CCC(=O)O)c(C)c3C)COCC2)cc1. The molecule has 0 unspecified atom stereocenters. The first-order valence-electron chi connectivity index (χ1n) is 9.75. The molecule has 1 heterocycles. The van der Waals surface area contributed by atoms with Gasteiger partial charge in [-0.15, -0.1) is 0 Å². The number of hydrogen-bond donors (Lipinski definition) is 1. The van der Waals surface area contributed by atoms with Crippen LogP contribution in [0, 0.1) is 20.8 Å². The van der Waals surface area contributed by atoms with Crippen LogP contribution < -0.4 is 4.74 Å². The average molecular weight is 380 g/mol. The van der Waals surface area contributed by atoms with Gasteiger partial charge in [-0.3, -0.25) is 4.79 Å². The van der Waals surface area contributed by atoms with E-state index < -0.39 is 5.97 Å². The molecule has 0 aliphatic carbocycles. The lowest BCUT2D eigenvalue weighted by molar-refractivity contribution is -0.136. The Bertz CT molecular complexity index is 878. The Balaban J connectivity index is 1.77. The number of hydrogen-bond acceptors (Lipinski definition) is 3. The third-order valence-electron chi connectivity index (χ3n) is 5.46. The van der Waals surface area contributed by atoms with Gasteiger partial charge in [-0.25, -0.2) is 0 Å². The number of carboxylic acids is 1. The predicted molar refractivity (Wildman–Crippen MR) is 111 cm³/mol. The van der Waals surface area contributed by atoms with E-state index in [2.05, 4.69) is 31.2 Å². The van der Waals surface area contributed by atoms with E-state index in [9.17, 15) is 4.79 Å². The Morgan fingerprint density at radius 2 is 1.82 bits per heavy atom. The number of aliphatic carboxylic acids is 1. The van der Waals surface area contributed by atoms with Crippen molar-refractivity contribution in [2.75, 3.05) is 19.8 Å². The fourth-order valence-electron chi connectivity index (χ4n) is 3.55. The Morgan fingerprint density at radius 1 is 1.07 bits per heavy atom. The quantitative estimate of drug-likeness (QED) is 0.744. The molecule has 1 aliphatic rings. The first-order valence-corrected chi connectivity index (χ1v) is 9.75. The van der Waals surface area contributed by atoms with Gasteiger partial charge >= 0.3 is 5.97 Å². The molecule has 0 saturated heterocycles. The molecule has 0 saturated carbocycles. The molecule has 0 radical (unpaired) electrons. The van der Waals surface area contributed by atoms with Gasteiger partial charge in [-0.05, 0) is 73.1 Å². The fourth-order valence-corrected chi connectivity index (χ4v) is 3.55. The summed E-state index contributed by atoms with van der Waals surface area (Å²) in [6.07, 6.45) is 1.58. The van der Waals surface area contributed by atoms with Crippen LogP contribution in [0.15, 0.2) is 42.0 Å². The summed E-state index contributed by atoms with van der Waals surface area (Å²) < 4.78 is 11.8. The van der Waals surface area contributed by atoms with Gasteiger partial charge in [0.15, 0.2) is 0 Å². The van der Waals surface area contributed by atoms with Crippen molar-refractivity contribution in [1.29, 1.82) is 0 Å². The summed E-state index contributed by atoms with van der Waals surface area (Å²) >= 11 is 0. The number of carbonyl (C=O) groups is 1. The summed E-state index contributed by atoms with van der Waals surface area (Å²) in [5.41, 5.74) is 8.23. The lowest BCUT2D eigenvalue weighted by Crippen LogP contribution is -2.16. The summed E-state index contributed by atoms with van der Waals surface area (Å²) in [7, 11) is 0. The van der Waals surface area contributed by atoms with Crippen LogP contribution in [0.5, 0.6) is 5.75 Å². The lowest BCUT2D eigenvalue weighted by Gasteiger charge is -2.22. The maximum absolute atomic E-state index is 10.8. The number of ether oxygens (including phenoxy) is 2. The van der Waals surface area contributed by atoms with Gasteiger partial charge in [0.05, 0.1) is 13.2 Å². The second kappa shape index (κ2) is 9.07. The van der Waals surface area contributed by atoms with E-state index in [0.29, 0.717) is 19.6 Å². The third-order valence-corrected chi connectivity index (χ3v) is 5.46. The number of rotatable bonds is 7. The van der Waals surface area contributed by atoms with Crippen molar-refractivity contribution in [3.8, 4) is 5.75 Å². The van der Waals surface area contributed by atoms with E-state index in [1.807, 2.05) is 26.0 Å². The summed E-state index contributed by atoms with van der Waals surface area (Å²) in [4.78, 5) is 10.8. The zero-order valence-corrected chi connectivity index (χ0v) is 16.9. The Kier molecular flexibility index (Phi) is 6.53. The molecule has 28 heavy (non-hydrogen) atoms. The summed E-state index contributed by atoms with van der Waals surface area (Å²) in [6, 6.07) is 12.5.